The summed E-state index contributed by atoms with van der Waals surface area (Å²) in [5, 5.41) is 11.0. The molecule has 1 aliphatic heterocycles. The van der Waals surface area contributed by atoms with Gasteiger partial charge in [-0.1, -0.05) is 12.1 Å². The molecule has 0 saturated heterocycles. The number of carbonyl (C=O) groups is 1. The minimum atomic E-state index is -4.16. The monoisotopic (exact) mass is 265 g/mol. The molecule has 18 heavy (non-hydrogen) atoms. The van der Waals surface area contributed by atoms with Gasteiger partial charge in [0.25, 0.3) is 6.43 Å². The molecule has 1 amide bonds. The summed E-state index contributed by atoms with van der Waals surface area (Å²) in [6.45, 7) is 0. The SMILES string of the molecule is O=C1Nc2cccc(C(O)C(F)F)c2OC1(F)F. The van der Waals surface area contributed by atoms with E-state index >= 15 is 0 Å². The number of para-hydroxylation sites is 1. The van der Waals surface area contributed by atoms with Crippen molar-refractivity contribution in [2.24, 2.45) is 0 Å². The summed E-state index contributed by atoms with van der Waals surface area (Å²) < 4.78 is 54.9. The first-order valence-electron chi connectivity index (χ1n) is 4.80. The quantitative estimate of drug-likeness (QED) is 0.803. The first kappa shape index (κ1) is 12.6. The summed E-state index contributed by atoms with van der Waals surface area (Å²) in [4.78, 5) is 10.9. The number of alkyl halides is 4. The zero-order chi connectivity index (χ0) is 13.5. The summed E-state index contributed by atoms with van der Waals surface area (Å²) in [6.07, 6.45) is -9.59. The van der Waals surface area contributed by atoms with Crippen LogP contribution in [0.25, 0.3) is 0 Å². The van der Waals surface area contributed by atoms with Crippen LogP contribution >= 0.6 is 0 Å². The predicted octanol–water partition coefficient (Wildman–Crippen LogP) is 1.91. The van der Waals surface area contributed by atoms with Crippen molar-refractivity contribution < 1.29 is 32.2 Å². The zero-order valence-corrected chi connectivity index (χ0v) is 8.66. The van der Waals surface area contributed by atoms with Crippen LogP contribution in [0.5, 0.6) is 5.75 Å². The molecule has 1 aromatic carbocycles. The highest BCUT2D eigenvalue weighted by atomic mass is 19.3. The largest absolute Gasteiger partial charge is 0.482 e. The Balaban J connectivity index is 2.48. The van der Waals surface area contributed by atoms with Crippen LogP contribution in [-0.4, -0.2) is 23.5 Å². The average molecular weight is 265 g/mol. The molecule has 1 aliphatic rings. The van der Waals surface area contributed by atoms with E-state index in [9.17, 15) is 27.5 Å². The van der Waals surface area contributed by atoms with Gasteiger partial charge in [0.15, 0.2) is 5.75 Å². The Bertz CT molecular complexity index is 492. The summed E-state index contributed by atoms with van der Waals surface area (Å²) in [6, 6.07) is 3.44. The first-order chi connectivity index (χ1) is 8.33. The molecule has 1 aromatic rings. The Kier molecular flexibility index (Phi) is 2.89. The molecule has 0 aliphatic carbocycles. The van der Waals surface area contributed by atoms with Gasteiger partial charge in [0.1, 0.15) is 6.10 Å². The number of ether oxygens (including phenoxy) is 1. The first-order valence-corrected chi connectivity index (χ1v) is 4.80. The second-order valence-electron chi connectivity index (χ2n) is 3.58. The lowest BCUT2D eigenvalue weighted by molar-refractivity contribution is -0.190. The fraction of sp³-hybridized carbons (Fsp3) is 0.300. The molecule has 8 heteroatoms. The van der Waals surface area contributed by atoms with E-state index in [1.807, 2.05) is 5.32 Å². The van der Waals surface area contributed by atoms with E-state index in [1.165, 1.54) is 12.1 Å². The van der Waals surface area contributed by atoms with Crippen molar-refractivity contribution in [3.63, 3.8) is 0 Å². The Morgan fingerprint density at radius 1 is 1.33 bits per heavy atom. The number of hydrogen-bond acceptors (Lipinski definition) is 3. The number of nitrogens with one attached hydrogen (secondary N) is 1. The molecule has 2 N–H and O–H groups in total. The number of anilines is 1. The van der Waals surface area contributed by atoms with Gasteiger partial charge in [0.05, 0.1) is 5.69 Å². The third-order valence-electron chi connectivity index (χ3n) is 2.35. The molecule has 0 spiro atoms. The van der Waals surface area contributed by atoms with Crippen LogP contribution < -0.4 is 10.1 Å². The smallest absolute Gasteiger partial charge is 0.423 e. The fourth-order valence-corrected chi connectivity index (χ4v) is 1.51. The lowest BCUT2D eigenvalue weighted by Gasteiger charge is -2.27. The van der Waals surface area contributed by atoms with Gasteiger partial charge in [0.2, 0.25) is 0 Å². The molecular weight excluding hydrogens is 258 g/mol. The van der Waals surface area contributed by atoms with Gasteiger partial charge in [-0.05, 0) is 6.07 Å². The van der Waals surface area contributed by atoms with Gasteiger partial charge in [-0.15, -0.1) is 0 Å². The third kappa shape index (κ3) is 1.99. The minimum Gasteiger partial charge on any atom is -0.423 e. The highest BCUT2D eigenvalue weighted by molar-refractivity contribution is 5.98. The van der Waals surface area contributed by atoms with E-state index in [1.54, 1.807) is 0 Å². The van der Waals surface area contributed by atoms with Crippen LogP contribution in [0.1, 0.15) is 11.7 Å². The van der Waals surface area contributed by atoms with Crippen molar-refractivity contribution in [1.29, 1.82) is 0 Å². The number of aliphatic hydroxyl groups excluding tert-OH is 1. The minimum absolute atomic E-state index is 0.192. The summed E-state index contributed by atoms with van der Waals surface area (Å²) in [7, 11) is 0. The average Bonchev–Trinajstić information content (AvgIpc) is 2.28. The fourth-order valence-electron chi connectivity index (χ4n) is 1.51. The van der Waals surface area contributed by atoms with Gasteiger partial charge in [-0.3, -0.25) is 4.79 Å². The lowest BCUT2D eigenvalue weighted by atomic mass is 10.1. The normalized spacial score (nSPS) is 18.9. The van der Waals surface area contributed by atoms with Crippen molar-refractivity contribution in [1.82, 2.24) is 0 Å². The van der Waals surface area contributed by atoms with E-state index in [4.69, 9.17) is 0 Å². The molecule has 0 bridgehead atoms. The topological polar surface area (TPSA) is 58.6 Å². The molecule has 2 rings (SSSR count). The van der Waals surface area contributed by atoms with Crippen LogP contribution in [0.3, 0.4) is 0 Å². The lowest BCUT2D eigenvalue weighted by Crippen LogP contribution is -2.43. The number of amides is 1. The summed E-state index contributed by atoms with van der Waals surface area (Å²) in [5.41, 5.74) is -0.703. The Morgan fingerprint density at radius 2 is 2.00 bits per heavy atom. The number of halogens is 4. The Hall–Kier alpha value is -1.83. The molecule has 1 atom stereocenters. The van der Waals surface area contributed by atoms with Crippen molar-refractivity contribution in [2.75, 3.05) is 5.32 Å². The molecule has 0 aromatic heterocycles. The summed E-state index contributed by atoms with van der Waals surface area (Å²) >= 11 is 0. The number of aliphatic hydroxyl groups is 1. The second-order valence-corrected chi connectivity index (χ2v) is 3.58. The number of hydrogen-bond donors (Lipinski definition) is 2. The number of benzene rings is 1. The third-order valence-corrected chi connectivity index (χ3v) is 2.35. The molecule has 0 radical (unpaired) electrons. The van der Waals surface area contributed by atoms with E-state index in [0.717, 1.165) is 6.07 Å². The van der Waals surface area contributed by atoms with E-state index in [-0.39, 0.29) is 5.69 Å². The second kappa shape index (κ2) is 4.13. The number of carbonyl (C=O) groups excluding carboxylic acids is 1. The highest BCUT2D eigenvalue weighted by Gasteiger charge is 2.47. The van der Waals surface area contributed by atoms with Crippen molar-refractivity contribution in [3.8, 4) is 5.75 Å². The van der Waals surface area contributed by atoms with Gasteiger partial charge in [-0.25, -0.2) is 8.78 Å². The maximum absolute atomic E-state index is 13.0. The van der Waals surface area contributed by atoms with E-state index in [2.05, 4.69) is 4.74 Å². The molecule has 0 saturated carbocycles. The van der Waals surface area contributed by atoms with Crippen molar-refractivity contribution >= 4 is 11.6 Å². The van der Waals surface area contributed by atoms with Crippen LogP contribution in [0, 0.1) is 0 Å². The van der Waals surface area contributed by atoms with E-state index in [0.29, 0.717) is 0 Å². The molecule has 1 unspecified atom stereocenters. The van der Waals surface area contributed by atoms with Gasteiger partial charge in [0, 0.05) is 5.56 Å². The van der Waals surface area contributed by atoms with Crippen molar-refractivity contribution in [2.45, 2.75) is 18.6 Å². The van der Waals surface area contributed by atoms with Crippen molar-refractivity contribution in [3.05, 3.63) is 23.8 Å². The Labute approximate surface area is 98.2 Å². The molecule has 98 valence electrons. The van der Waals surface area contributed by atoms with Crippen LogP contribution in [0.4, 0.5) is 23.2 Å². The summed E-state index contributed by atoms with van der Waals surface area (Å²) in [5.74, 6) is -2.35. The zero-order valence-electron chi connectivity index (χ0n) is 8.66. The maximum Gasteiger partial charge on any atom is 0.482 e. The Morgan fingerprint density at radius 3 is 2.61 bits per heavy atom. The standard InChI is InChI=1S/C10H7F4NO3/c11-8(12)6(16)4-2-1-3-5-7(4)18-10(13,14)9(17)15-5/h1-3,6,8,16H,(H,15,17). The van der Waals surface area contributed by atoms with Gasteiger partial charge >= 0.3 is 12.0 Å². The predicted molar refractivity (Wildman–Crippen MR) is 51.6 cm³/mol. The molecular formula is C10H7F4NO3. The van der Waals surface area contributed by atoms with Gasteiger partial charge < -0.3 is 15.2 Å². The van der Waals surface area contributed by atoms with Crippen LogP contribution in [-0.2, 0) is 4.79 Å². The molecule has 1 heterocycles. The highest BCUT2D eigenvalue weighted by Crippen LogP contribution is 2.41. The van der Waals surface area contributed by atoms with Crippen LogP contribution in [0.15, 0.2) is 18.2 Å². The molecule has 4 nitrogen and oxygen atoms in total. The molecule has 0 fully saturated rings. The van der Waals surface area contributed by atoms with E-state index < -0.39 is 35.9 Å². The van der Waals surface area contributed by atoms with Crippen LogP contribution in [0.2, 0.25) is 0 Å². The maximum atomic E-state index is 13.0. The number of rotatable bonds is 2. The van der Waals surface area contributed by atoms with Gasteiger partial charge in [-0.2, -0.15) is 8.78 Å². The number of fused-ring (bicyclic) bond motifs is 1.